The lowest BCUT2D eigenvalue weighted by Gasteiger charge is -2.38. The van der Waals surface area contributed by atoms with Gasteiger partial charge in [0, 0.05) is 45.4 Å². The van der Waals surface area contributed by atoms with Crippen LogP contribution in [0.15, 0.2) is 0 Å². The molecule has 2 heterocycles. The Hall–Kier alpha value is -0.850. The highest BCUT2D eigenvalue weighted by atomic mass is 16.5. The lowest BCUT2D eigenvalue weighted by molar-refractivity contribution is 0.113. The SMILES string of the molecule is COCCCNC(=O)N(CC1CCOC1)C1CCN(C)CC1. The Morgan fingerprint density at radius 1 is 1.36 bits per heavy atom. The molecule has 0 aromatic carbocycles. The number of nitrogens with zero attached hydrogens (tertiary/aromatic N) is 2. The molecule has 1 unspecified atom stereocenters. The van der Waals surface area contributed by atoms with Crippen molar-refractivity contribution in [2.75, 3.05) is 60.2 Å². The van der Waals surface area contributed by atoms with E-state index in [0.717, 1.165) is 58.5 Å². The zero-order valence-electron chi connectivity index (χ0n) is 14.1. The van der Waals surface area contributed by atoms with Crippen molar-refractivity contribution < 1.29 is 14.3 Å². The van der Waals surface area contributed by atoms with Crippen LogP contribution in [-0.4, -0.2) is 82.0 Å². The van der Waals surface area contributed by atoms with Crippen molar-refractivity contribution in [2.24, 2.45) is 5.92 Å². The van der Waals surface area contributed by atoms with Gasteiger partial charge in [-0.1, -0.05) is 0 Å². The third-order valence-electron chi connectivity index (χ3n) is 4.67. The monoisotopic (exact) mass is 313 g/mol. The average molecular weight is 313 g/mol. The second kappa shape index (κ2) is 9.33. The molecule has 0 aliphatic carbocycles. The van der Waals surface area contributed by atoms with E-state index < -0.39 is 0 Å². The number of methoxy groups -OCH3 is 1. The average Bonchev–Trinajstić information content (AvgIpc) is 3.03. The Bertz CT molecular complexity index is 327. The highest BCUT2D eigenvalue weighted by molar-refractivity contribution is 5.74. The Balaban J connectivity index is 1.86. The van der Waals surface area contributed by atoms with Gasteiger partial charge < -0.3 is 24.6 Å². The first-order valence-corrected chi connectivity index (χ1v) is 8.50. The van der Waals surface area contributed by atoms with Gasteiger partial charge in [0.15, 0.2) is 0 Å². The summed E-state index contributed by atoms with van der Waals surface area (Å²) in [7, 11) is 3.84. The van der Waals surface area contributed by atoms with Crippen molar-refractivity contribution in [3.8, 4) is 0 Å². The van der Waals surface area contributed by atoms with Crippen molar-refractivity contribution in [1.82, 2.24) is 15.1 Å². The number of piperidine rings is 1. The Kier molecular flexibility index (Phi) is 7.42. The number of hydrogen-bond donors (Lipinski definition) is 1. The van der Waals surface area contributed by atoms with E-state index >= 15 is 0 Å². The fourth-order valence-corrected chi connectivity index (χ4v) is 3.22. The van der Waals surface area contributed by atoms with E-state index in [0.29, 0.717) is 25.1 Å². The molecule has 2 amide bonds. The lowest BCUT2D eigenvalue weighted by Crippen LogP contribution is -2.52. The first kappa shape index (κ1) is 17.5. The lowest BCUT2D eigenvalue weighted by atomic mass is 10.0. The second-order valence-electron chi connectivity index (χ2n) is 6.49. The van der Waals surface area contributed by atoms with E-state index in [1.807, 2.05) is 0 Å². The van der Waals surface area contributed by atoms with Crippen LogP contribution >= 0.6 is 0 Å². The standard InChI is InChI=1S/C16H31N3O3/c1-18-8-4-15(5-9-18)19(12-14-6-11-22-13-14)16(20)17-7-3-10-21-2/h14-15H,3-13H2,1-2H3,(H,17,20). The van der Waals surface area contributed by atoms with Gasteiger partial charge in [-0.3, -0.25) is 0 Å². The van der Waals surface area contributed by atoms with Crippen LogP contribution in [0.5, 0.6) is 0 Å². The minimum absolute atomic E-state index is 0.0811. The molecule has 2 rings (SSSR count). The molecule has 0 aromatic rings. The third kappa shape index (κ3) is 5.41. The fourth-order valence-electron chi connectivity index (χ4n) is 3.22. The zero-order chi connectivity index (χ0) is 15.8. The number of carbonyl (C=O) groups is 1. The van der Waals surface area contributed by atoms with Crippen LogP contribution < -0.4 is 5.32 Å². The van der Waals surface area contributed by atoms with Gasteiger partial charge in [-0.05, 0) is 45.8 Å². The summed E-state index contributed by atoms with van der Waals surface area (Å²) in [6.45, 7) is 5.95. The zero-order valence-corrected chi connectivity index (χ0v) is 14.1. The molecule has 128 valence electrons. The number of urea groups is 1. The van der Waals surface area contributed by atoms with Crippen LogP contribution in [0.2, 0.25) is 0 Å². The summed E-state index contributed by atoms with van der Waals surface area (Å²) in [5.74, 6) is 0.490. The molecule has 2 aliphatic rings. The smallest absolute Gasteiger partial charge is 0.317 e. The first-order valence-electron chi connectivity index (χ1n) is 8.50. The van der Waals surface area contributed by atoms with Gasteiger partial charge in [0.2, 0.25) is 0 Å². The number of amides is 2. The van der Waals surface area contributed by atoms with Gasteiger partial charge in [-0.25, -0.2) is 4.79 Å². The summed E-state index contributed by atoms with van der Waals surface area (Å²) < 4.78 is 10.5. The summed E-state index contributed by atoms with van der Waals surface area (Å²) in [5, 5.41) is 3.05. The van der Waals surface area contributed by atoms with Gasteiger partial charge in [0.25, 0.3) is 0 Å². The van der Waals surface area contributed by atoms with E-state index in [1.165, 1.54) is 0 Å². The van der Waals surface area contributed by atoms with Gasteiger partial charge in [0.05, 0.1) is 6.61 Å². The molecule has 0 saturated carbocycles. The predicted molar refractivity (Wildman–Crippen MR) is 86.0 cm³/mol. The molecule has 2 saturated heterocycles. The van der Waals surface area contributed by atoms with Crippen molar-refractivity contribution >= 4 is 6.03 Å². The summed E-state index contributed by atoms with van der Waals surface area (Å²) in [6, 6.07) is 0.441. The van der Waals surface area contributed by atoms with Crippen LogP contribution in [0, 0.1) is 5.92 Å². The van der Waals surface area contributed by atoms with Crippen LogP contribution in [0.4, 0.5) is 4.79 Å². The van der Waals surface area contributed by atoms with Crippen LogP contribution in [-0.2, 0) is 9.47 Å². The molecule has 0 radical (unpaired) electrons. The topological polar surface area (TPSA) is 54.0 Å². The van der Waals surface area contributed by atoms with E-state index in [9.17, 15) is 4.79 Å². The summed E-state index contributed by atoms with van der Waals surface area (Å²) in [4.78, 5) is 17.0. The highest BCUT2D eigenvalue weighted by Gasteiger charge is 2.30. The normalized spacial score (nSPS) is 23.6. The summed E-state index contributed by atoms with van der Waals surface area (Å²) >= 11 is 0. The molecular formula is C16H31N3O3. The van der Waals surface area contributed by atoms with Gasteiger partial charge >= 0.3 is 6.03 Å². The van der Waals surface area contributed by atoms with Crippen molar-refractivity contribution in [1.29, 1.82) is 0 Å². The molecule has 6 heteroatoms. The number of likely N-dealkylation sites (tertiary alicyclic amines) is 1. The van der Waals surface area contributed by atoms with E-state index in [1.54, 1.807) is 7.11 Å². The molecule has 0 aromatic heterocycles. The van der Waals surface area contributed by atoms with Gasteiger partial charge in [0.1, 0.15) is 0 Å². The van der Waals surface area contributed by atoms with Crippen molar-refractivity contribution in [3.05, 3.63) is 0 Å². The molecule has 0 bridgehead atoms. The molecule has 2 aliphatic heterocycles. The van der Waals surface area contributed by atoms with Crippen LogP contribution in [0.3, 0.4) is 0 Å². The van der Waals surface area contributed by atoms with E-state index in [2.05, 4.69) is 22.2 Å². The number of carbonyl (C=O) groups excluding carboxylic acids is 1. The molecule has 2 fully saturated rings. The maximum Gasteiger partial charge on any atom is 0.317 e. The molecule has 6 nitrogen and oxygen atoms in total. The van der Waals surface area contributed by atoms with Crippen molar-refractivity contribution in [2.45, 2.75) is 31.7 Å². The Morgan fingerprint density at radius 2 is 2.14 bits per heavy atom. The summed E-state index contributed by atoms with van der Waals surface area (Å²) in [6.07, 6.45) is 4.06. The Morgan fingerprint density at radius 3 is 2.77 bits per heavy atom. The second-order valence-corrected chi connectivity index (χ2v) is 6.49. The molecular weight excluding hydrogens is 282 g/mol. The molecule has 22 heavy (non-hydrogen) atoms. The highest BCUT2D eigenvalue weighted by Crippen LogP contribution is 2.20. The Labute approximate surface area is 134 Å². The minimum atomic E-state index is 0.0811. The first-order chi connectivity index (χ1) is 10.7. The maximum absolute atomic E-state index is 12.6. The quantitative estimate of drug-likeness (QED) is 0.717. The minimum Gasteiger partial charge on any atom is -0.385 e. The van der Waals surface area contributed by atoms with Gasteiger partial charge in [-0.15, -0.1) is 0 Å². The largest absolute Gasteiger partial charge is 0.385 e. The fraction of sp³-hybridized carbons (Fsp3) is 0.938. The van der Waals surface area contributed by atoms with Gasteiger partial charge in [-0.2, -0.15) is 0 Å². The van der Waals surface area contributed by atoms with Crippen molar-refractivity contribution in [3.63, 3.8) is 0 Å². The van der Waals surface area contributed by atoms with Crippen LogP contribution in [0.1, 0.15) is 25.7 Å². The molecule has 1 atom stereocenters. The van der Waals surface area contributed by atoms with E-state index in [-0.39, 0.29) is 6.03 Å². The third-order valence-corrected chi connectivity index (χ3v) is 4.67. The van der Waals surface area contributed by atoms with E-state index in [4.69, 9.17) is 9.47 Å². The maximum atomic E-state index is 12.6. The number of ether oxygens (including phenoxy) is 2. The number of rotatable bonds is 7. The number of hydrogen-bond acceptors (Lipinski definition) is 4. The van der Waals surface area contributed by atoms with Crippen LogP contribution in [0.25, 0.3) is 0 Å². The number of nitrogens with one attached hydrogen (secondary N) is 1. The summed E-state index contributed by atoms with van der Waals surface area (Å²) in [5.41, 5.74) is 0. The predicted octanol–water partition coefficient (Wildman–Crippen LogP) is 1.17. The molecule has 1 N–H and O–H groups in total. The molecule has 0 spiro atoms.